The summed E-state index contributed by atoms with van der Waals surface area (Å²) in [5.41, 5.74) is 0. The molecule has 0 bridgehead atoms. The first kappa shape index (κ1) is 19.8. The van der Waals surface area contributed by atoms with Gasteiger partial charge in [-0.25, -0.2) is 24.3 Å². The van der Waals surface area contributed by atoms with Gasteiger partial charge >= 0.3 is 49.8 Å². The summed E-state index contributed by atoms with van der Waals surface area (Å²) in [5.74, 6) is 0. The zero-order valence-electron chi connectivity index (χ0n) is 8.93. The van der Waals surface area contributed by atoms with Crippen LogP contribution in [-0.2, 0) is 16.8 Å². The Kier molecular flexibility index (Phi) is 7.25. The van der Waals surface area contributed by atoms with Gasteiger partial charge in [-0.05, 0) is 0 Å². The molecule has 0 aromatic rings. The van der Waals surface area contributed by atoms with Crippen LogP contribution in [0.15, 0.2) is 36.5 Å². The fourth-order valence-electron chi connectivity index (χ4n) is 0.680. The Balaban J connectivity index is 0. The van der Waals surface area contributed by atoms with E-state index in [4.69, 9.17) is 0 Å². The summed E-state index contributed by atoms with van der Waals surface area (Å²) in [6.45, 7) is 0. The largest absolute Gasteiger partial charge is 3.00 e. The Hall–Kier alpha value is -0.524. The first-order valence-corrected chi connectivity index (χ1v) is 6.48. The Morgan fingerprint density at radius 1 is 0.722 bits per heavy atom. The van der Waals surface area contributed by atoms with Gasteiger partial charge < -0.3 is 0 Å². The van der Waals surface area contributed by atoms with Gasteiger partial charge in [0.15, 0.2) is 0 Å². The van der Waals surface area contributed by atoms with Crippen LogP contribution >= 0.6 is 7.81 Å². The SMILES string of the molecule is F[P-](F)(F)(F)(F)F.[C-]1=CC=CC1.[C-]1=CC=CC1.[Co+3]. The molecule has 0 nitrogen and oxygen atoms in total. The molecule has 0 aliphatic heterocycles. The van der Waals surface area contributed by atoms with Crippen molar-refractivity contribution in [3.05, 3.63) is 48.6 Å². The molecule has 2 rings (SSSR count). The molecule has 0 aromatic carbocycles. The van der Waals surface area contributed by atoms with E-state index < -0.39 is 7.81 Å². The smallest absolute Gasteiger partial charge is 0.273 e. The van der Waals surface area contributed by atoms with Gasteiger partial charge in [0.1, 0.15) is 0 Å². The maximum Gasteiger partial charge on any atom is 3.00 e. The number of halogens is 6. The van der Waals surface area contributed by atoms with E-state index in [9.17, 15) is 25.2 Å². The molecule has 0 amide bonds. The molecule has 0 spiro atoms. The van der Waals surface area contributed by atoms with Crippen LogP contribution in [0.1, 0.15) is 12.8 Å². The molecule has 0 heterocycles. The van der Waals surface area contributed by atoms with Gasteiger partial charge in [-0.3, -0.25) is 12.2 Å². The molecule has 0 fully saturated rings. The van der Waals surface area contributed by atoms with E-state index in [1.54, 1.807) is 0 Å². The summed E-state index contributed by atoms with van der Waals surface area (Å²) in [4.78, 5) is 0. The van der Waals surface area contributed by atoms with Gasteiger partial charge in [0, 0.05) is 0 Å². The predicted octanol–water partition coefficient (Wildman–Crippen LogP) is 5.99. The zero-order valence-corrected chi connectivity index (χ0v) is 10.9. The van der Waals surface area contributed by atoms with E-state index >= 15 is 0 Å². The average Bonchev–Trinajstić information content (AvgIpc) is 2.78. The molecule has 2 aliphatic carbocycles. The van der Waals surface area contributed by atoms with Crippen LogP contribution in [0.25, 0.3) is 0 Å². The van der Waals surface area contributed by atoms with E-state index in [0.717, 1.165) is 12.8 Å². The van der Waals surface area contributed by atoms with Crippen molar-refractivity contribution in [1.29, 1.82) is 0 Å². The monoisotopic (exact) mass is 334 g/mol. The van der Waals surface area contributed by atoms with Gasteiger partial charge in [-0.2, -0.15) is 12.2 Å². The fraction of sp³-hybridized carbons (Fsp3) is 0.200. The second-order valence-corrected chi connectivity index (χ2v) is 4.88. The number of hydrogen-bond donors (Lipinski definition) is 0. The Morgan fingerprint density at radius 3 is 1.06 bits per heavy atom. The summed E-state index contributed by atoms with van der Waals surface area (Å²) >= 11 is 0. The van der Waals surface area contributed by atoms with Crippen molar-refractivity contribution in [1.82, 2.24) is 0 Å². The molecule has 106 valence electrons. The number of rotatable bonds is 0. The van der Waals surface area contributed by atoms with Crippen molar-refractivity contribution in [3.8, 4) is 0 Å². The number of allylic oxidation sites excluding steroid dienone is 8. The van der Waals surface area contributed by atoms with Crippen molar-refractivity contribution < 1.29 is 42.0 Å². The van der Waals surface area contributed by atoms with E-state index in [1.807, 2.05) is 24.3 Å². The van der Waals surface area contributed by atoms with Crippen LogP contribution in [0, 0.1) is 12.2 Å². The minimum atomic E-state index is -10.7. The van der Waals surface area contributed by atoms with E-state index in [-0.39, 0.29) is 16.8 Å². The summed E-state index contributed by atoms with van der Waals surface area (Å²) < 4.78 is 59.2. The van der Waals surface area contributed by atoms with Gasteiger partial charge in [-0.15, -0.1) is 12.8 Å². The molecule has 0 N–H and O–H groups in total. The third-order valence-corrected chi connectivity index (χ3v) is 1.17. The molecule has 0 saturated carbocycles. The van der Waals surface area contributed by atoms with E-state index in [1.165, 1.54) is 0 Å². The van der Waals surface area contributed by atoms with Gasteiger partial charge in [0.05, 0.1) is 0 Å². The zero-order chi connectivity index (χ0) is 13.5. The predicted molar refractivity (Wildman–Crippen MR) is 56.7 cm³/mol. The molecule has 0 radical (unpaired) electrons. The van der Waals surface area contributed by atoms with Crippen LogP contribution < -0.4 is 0 Å². The van der Waals surface area contributed by atoms with Gasteiger partial charge in [0.25, 0.3) is 0 Å². The molecule has 8 heteroatoms. The number of hydrogen-bond acceptors (Lipinski definition) is 0. The van der Waals surface area contributed by atoms with Gasteiger partial charge in [0.2, 0.25) is 0 Å². The fourth-order valence-corrected chi connectivity index (χ4v) is 0.680. The first-order chi connectivity index (χ1) is 7.45. The van der Waals surface area contributed by atoms with E-state index in [0.29, 0.717) is 0 Å². The Bertz CT molecular complexity index is 295. The van der Waals surface area contributed by atoms with Crippen LogP contribution in [0.3, 0.4) is 0 Å². The normalized spacial score (nSPS) is 18.8. The Morgan fingerprint density at radius 2 is 1.00 bits per heavy atom. The van der Waals surface area contributed by atoms with Gasteiger partial charge in [-0.1, -0.05) is 0 Å². The quantitative estimate of drug-likeness (QED) is 0.290. The summed E-state index contributed by atoms with van der Waals surface area (Å²) in [6.07, 6.45) is 20.0. The Labute approximate surface area is 112 Å². The molecule has 0 aromatic heterocycles. The molecule has 18 heavy (non-hydrogen) atoms. The molecule has 0 saturated heterocycles. The minimum absolute atomic E-state index is 0. The third kappa shape index (κ3) is 36.1. The minimum Gasteiger partial charge on any atom is -0.273 e. The summed E-state index contributed by atoms with van der Waals surface area (Å²) in [6, 6.07) is 0. The van der Waals surface area contributed by atoms with Crippen LogP contribution in [0.5, 0.6) is 0 Å². The van der Waals surface area contributed by atoms with Crippen molar-refractivity contribution in [2.75, 3.05) is 0 Å². The summed E-state index contributed by atoms with van der Waals surface area (Å²) in [7, 11) is -10.7. The second-order valence-electron chi connectivity index (χ2n) is 2.96. The van der Waals surface area contributed by atoms with Crippen molar-refractivity contribution >= 4 is 7.81 Å². The maximum absolute atomic E-state index is 10.7. The van der Waals surface area contributed by atoms with Crippen LogP contribution in [-0.4, -0.2) is 0 Å². The standard InChI is InChI=1S/2C5H5.Co.F6P/c2*1-2-4-5-3-1;;1-7(2,3,4,5)6/h2*1-3H,4H2;;/q2*-1;+3;-1. The van der Waals surface area contributed by atoms with E-state index in [2.05, 4.69) is 24.3 Å². The molecule has 2 aliphatic rings. The molecular formula is C10H10CoF6P. The average molecular weight is 334 g/mol. The van der Waals surface area contributed by atoms with Crippen LogP contribution in [0.4, 0.5) is 25.2 Å². The molecule has 0 atom stereocenters. The maximum atomic E-state index is 9.87. The topological polar surface area (TPSA) is 0 Å². The first-order valence-electron chi connectivity index (χ1n) is 4.45. The van der Waals surface area contributed by atoms with Crippen molar-refractivity contribution in [3.63, 3.8) is 0 Å². The van der Waals surface area contributed by atoms with Crippen molar-refractivity contribution in [2.24, 2.45) is 0 Å². The van der Waals surface area contributed by atoms with Crippen molar-refractivity contribution in [2.45, 2.75) is 12.8 Å². The summed E-state index contributed by atoms with van der Waals surface area (Å²) in [5, 5.41) is 0. The second kappa shape index (κ2) is 6.59. The molecule has 0 unspecified atom stereocenters. The third-order valence-electron chi connectivity index (χ3n) is 1.17. The molecular weight excluding hydrogens is 324 g/mol. The van der Waals surface area contributed by atoms with Crippen LogP contribution in [0.2, 0.25) is 0 Å².